The van der Waals surface area contributed by atoms with Crippen molar-refractivity contribution in [3.8, 4) is 5.69 Å². The molecule has 1 aromatic heterocycles. The van der Waals surface area contributed by atoms with Crippen molar-refractivity contribution in [2.24, 2.45) is 0 Å². The Kier molecular flexibility index (Phi) is 3.52. The van der Waals surface area contributed by atoms with Crippen LogP contribution in [0.25, 0.3) is 5.69 Å². The minimum absolute atomic E-state index is 0.290. The second kappa shape index (κ2) is 5.46. The minimum atomic E-state index is -0.290. The molecule has 0 fully saturated rings. The zero-order chi connectivity index (χ0) is 13.9. The quantitative estimate of drug-likeness (QED) is 0.764. The van der Waals surface area contributed by atoms with E-state index in [1.807, 2.05) is 41.1 Å². The first-order valence-corrected chi connectivity index (χ1v) is 6.84. The number of hydrogen-bond donors (Lipinski definition) is 1. The van der Waals surface area contributed by atoms with Crippen molar-refractivity contribution in [3.63, 3.8) is 0 Å². The van der Waals surface area contributed by atoms with Crippen molar-refractivity contribution in [2.75, 3.05) is 5.32 Å². The Bertz CT molecular complexity index is 725. The molecule has 0 aliphatic heterocycles. The van der Waals surface area contributed by atoms with E-state index in [-0.39, 0.29) is 5.82 Å². The lowest BCUT2D eigenvalue weighted by Gasteiger charge is -2.10. The fourth-order valence-electron chi connectivity index (χ4n) is 1.90. The SMILES string of the molecule is Fc1ccc(Nc2nccn2-c2ccccc2)cc1Br. The van der Waals surface area contributed by atoms with E-state index >= 15 is 0 Å². The van der Waals surface area contributed by atoms with Crippen molar-refractivity contribution in [1.82, 2.24) is 9.55 Å². The van der Waals surface area contributed by atoms with E-state index in [0.717, 1.165) is 11.4 Å². The van der Waals surface area contributed by atoms with Crippen molar-refractivity contribution in [2.45, 2.75) is 0 Å². The van der Waals surface area contributed by atoms with Gasteiger partial charge in [-0.1, -0.05) is 18.2 Å². The fourth-order valence-corrected chi connectivity index (χ4v) is 2.27. The predicted octanol–water partition coefficient (Wildman–Crippen LogP) is 4.52. The number of hydrogen-bond acceptors (Lipinski definition) is 2. The number of nitrogens with one attached hydrogen (secondary N) is 1. The first kappa shape index (κ1) is 12.9. The summed E-state index contributed by atoms with van der Waals surface area (Å²) in [5.74, 6) is 0.386. The molecule has 0 spiro atoms. The van der Waals surface area contributed by atoms with Crippen LogP contribution in [-0.2, 0) is 0 Å². The second-order valence-corrected chi connectivity index (χ2v) is 5.06. The molecule has 3 rings (SSSR count). The summed E-state index contributed by atoms with van der Waals surface area (Å²) in [7, 11) is 0. The summed E-state index contributed by atoms with van der Waals surface area (Å²) < 4.78 is 15.6. The van der Waals surface area contributed by atoms with E-state index in [2.05, 4.69) is 26.2 Å². The largest absolute Gasteiger partial charge is 0.325 e. The van der Waals surface area contributed by atoms with Crippen molar-refractivity contribution < 1.29 is 4.39 Å². The van der Waals surface area contributed by atoms with E-state index in [9.17, 15) is 4.39 Å². The van der Waals surface area contributed by atoms with Gasteiger partial charge in [0.05, 0.1) is 4.47 Å². The molecule has 0 aliphatic carbocycles. The van der Waals surface area contributed by atoms with Gasteiger partial charge >= 0.3 is 0 Å². The maximum Gasteiger partial charge on any atom is 0.212 e. The molecule has 0 bridgehead atoms. The van der Waals surface area contributed by atoms with Crippen LogP contribution in [0.5, 0.6) is 0 Å². The zero-order valence-electron chi connectivity index (χ0n) is 10.4. The van der Waals surface area contributed by atoms with Gasteiger partial charge in [0.25, 0.3) is 0 Å². The number of aromatic nitrogens is 2. The van der Waals surface area contributed by atoms with Gasteiger partial charge < -0.3 is 5.32 Å². The molecule has 20 heavy (non-hydrogen) atoms. The van der Waals surface area contributed by atoms with Crippen LogP contribution >= 0.6 is 15.9 Å². The Morgan fingerprint density at radius 2 is 1.90 bits per heavy atom. The van der Waals surface area contributed by atoms with Gasteiger partial charge in [-0.15, -0.1) is 0 Å². The summed E-state index contributed by atoms with van der Waals surface area (Å²) in [5, 5.41) is 3.17. The first-order valence-electron chi connectivity index (χ1n) is 6.05. The fraction of sp³-hybridized carbons (Fsp3) is 0. The van der Waals surface area contributed by atoms with Crippen LogP contribution in [0.2, 0.25) is 0 Å². The lowest BCUT2D eigenvalue weighted by atomic mass is 10.3. The Hall–Kier alpha value is -2.14. The van der Waals surface area contributed by atoms with Gasteiger partial charge in [0.2, 0.25) is 5.95 Å². The average molecular weight is 332 g/mol. The normalized spacial score (nSPS) is 10.5. The number of rotatable bonds is 3. The molecule has 3 aromatic rings. The average Bonchev–Trinajstić information content (AvgIpc) is 2.92. The molecular weight excluding hydrogens is 321 g/mol. The lowest BCUT2D eigenvalue weighted by molar-refractivity contribution is 0.621. The molecule has 5 heteroatoms. The van der Waals surface area contributed by atoms with Gasteiger partial charge in [-0.2, -0.15) is 0 Å². The number of anilines is 2. The van der Waals surface area contributed by atoms with E-state index in [1.165, 1.54) is 6.07 Å². The maximum absolute atomic E-state index is 13.2. The highest BCUT2D eigenvalue weighted by atomic mass is 79.9. The number of nitrogens with zero attached hydrogens (tertiary/aromatic N) is 2. The highest BCUT2D eigenvalue weighted by Crippen LogP contribution is 2.23. The maximum atomic E-state index is 13.2. The van der Waals surface area contributed by atoms with Crippen molar-refractivity contribution in [3.05, 3.63) is 71.2 Å². The molecule has 0 saturated heterocycles. The first-order chi connectivity index (χ1) is 9.74. The summed E-state index contributed by atoms with van der Waals surface area (Å²) in [6, 6.07) is 14.6. The van der Waals surface area contributed by atoms with Gasteiger partial charge in [0.15, 0.2) is 0 Å². The van der Waals surface area contributed by atoms with E-state index in [0.29, 0.717) is 10.4 Å². The number of halogens is 2. The molecule has 100 valence electrons. The molecule has 0 saturated carbocycles. The van der Waals surface area contributed by atoms with Gasteiger partial charge in [-0.3, -0.25) is 4.57 Å². The smallest absolute Gasteiger partial charge is 0.212 e. The third-order valence-electron chi connectivity index (χ3n) is 2.85. The molecule has 1 N–H and O–H groups in total. The molecular formula is C15H11BrFN3. The van der Waals surface area contributed by atoms with Crippen LogP contribution in [0.1, 0.15) is 0 Å². The topological polar surface area (TPSA) is 29.9 Å². The molecule has 0 unspecified atom stereocenters. The molecule has 0 aliphatic rings. The van der Waals surface area contributed by atoms with Gasteiger partial charge in [0, 0.05) is 23.8 Å². The van der Waals surface area contributed by atoms with Crippen LogP contribution in [-0.4, -0.2) is 9.55 Å². The standard InChI is InChI=1S/C15H11BrFN3/c16-13-10-11(6-7-14(13)17)19-15-18-8-9-20(15)12-4-2-1-3-5-12/h1-10H,(H,18,19). The van der Waals surface area contributed by atoms with E-state index in [1.54, 1.807) is 18.3 Å². The van der Waals surface area contributed by atoms with Gasteiger partial charge in [0.1, 0.15) is 5.82 Å². The summed E-state index contributed by atoms with van der Waals surface area (Å²) in [6.07, 6.45) is 3.59. The predicted molar refractivity (Wildman–Crippen MR) is 80.9 cm³/mol. The van der Waals surface area contributed by atoms with Crippen LogP contribution in [0.3, 0.4) is 0 Å². The Balaban J connectivity index is 1.92. The molecule has 2 aromatic carbocycles. The summed E-state index contributed by atoms with van der Waals surface area (Å²) in [5.41, 5.74) is 1.77. The highest BCUT2D eigenvalue weighted by molar-refractivity contribution is 9.10. The van der Waals surface area contributed by atoms with E-state index < -0.39 is 0 Å². The second-order valence-electron chi connectivity index (χ2n) is 4.21. The van der Waals surface area contributed by atoms with Crippen LogP contribution in [0.15, 0.2) is 65.4 Å². The van der Waals surface area contributed by atoms with Crippen LogP contribution in [0.4, 0.5) is 16.0 Å². The highest BCUT2D eigenvalue weighted by Gasteiger charge is 2.06. The zero-order valence-corrected chi connectivity index (χ0v) is 12.0. The molecule has 3 nitrogen and oxygen atoms in total. The third kappa shape index (κ3) is 2.58. The number of para-hydroxylation sites is 1. The Morgan fingerprint density at radius 3 is 2.65 bits per heavy atom. The summed E-state index contributed by atoms with van der Waals surface area (Å²) in [4.78, 5) is 4.28. The molecule has 0 radical (unpaired) electrons. The number of benzene rings is 2. The van der Waals surface area contributed by atoms with E-state index in [4.69, 9.17) is 0 Å². The van der Waals surface area contributed by atoms with Gasteiger partial charge in [-0.25, -0.2) is 9.37 Å². The summed E-state index contributed by atoms with van der Waals surface area (Å²) >= 11 is 3.17. The Labute approximate surface area is 124 Å². The van der Waals surface area contributed by atoms with Gasteiger partial charge in [-0.05, 0) is 46.3 Å². The summed E-state index contributed by atoms with van der Waals surface area (Å²) in [6.45, 7) is 0. The third-order valence-corrected chi connectivity index (χ3v) is 3.46. The Morgan fingerprint density at radius 1 is 1.10 bits per heavy atom. The molecule has 1 heterocycles. The minimum Gasteiger partial charge on any atom is -0.325 e. The monoisotopic (exact) mass is 331 g/mol. The van der Waals surface area contributed by atoms with Crippen LogP contribution in [0, 0.1) is 5.82 Å². The van der Waals surface area contributed by atoms with Crippen molar-refractivity contribution >= 4 is 27.6 Å². The van der Waals surface area contributed by atoms with Crippen molar-refractivity contribution in [1.29, 1.82) is 0 Å². The number of imidazole rings is 1. The molecule has 0 amide bonds. The lowest BCUT2D eigenvalue weighted by Crippen LogP contribution is -2.01. The molecule has 0 atom stereocenters. The van der Waals surface area contributed by atoms with Crippen LogP contribution < -0.4 is 5.32 Å².